The number of hydrogen-bond donors (Lipinski definition) is 1. The lowest BCUT2D eigenvalue weighted by Gasteiger charge is -2.46. The van der Waals surface area contributed by atoms with Crippen LogP contribution in [0.5, 0.6) is 0 Å². The van der Waals surface area contributed by atoms with Crippen molar-refractivity contribution in [3.63, 3.8) is 0 Å². The van der Waals surface area contributed by atoms with Crippen LogP contribution in [0.1, 0.15) is 59.8 Å². The lowest BCUT2D eigenvalue weighted by Crippen LogP contribution is -2.59. The third-order valence-corrected chi connectivity index (χ3v) is 4.03. The van der Waals surface area contributed by atoms with Crippen molar-refractivity contribution in [1.29, 1.82) is 0 Å². The number of rotatable bonds is 5. The van der Waals surface area contributed by atoms with Crippen molar-refractivity contribution in [3.05, 3.63) is 0 Å². The Morgan fingerprint density at radius 2 is 1.65 bits per heavy atom. The fourth-order valence-corrected chi connectivity index (χ4v) is 3.58. The molecule has 2 fully saturated rings. The smallest absolute Gasteiger partial charge is 0.157 e. The molecule has 0 aromatic rings. The molecule has 4 heteroatoms. The molecule has 1 atom stereocenters. The minimum absolute atomic E-state index is 0.00625. The van der Waals surface area contributed by atoms with Crippen molar-refractivity contribution in [2.24, 2.45) is 0 Å². The Morgan fingerprint density at radius 3 is 2.25 bits per heavy atom. The van der Waals surface area contributed by atoms with E-state index in [1.807, 2.05) is 0 Å². The lowest BCUT2D eigenvalue weighted by molar-refractivity contribution is -0.173. The van der Waals surface area contributed by atoms with E-state index in [0.717, 1.165) is 32.3 Å². The van der Waals surface area contributed by atoms with E-state index in [1.54, 1.807) is 0 Å². The van der Waals surface area contributed by atoms with Crippen LogP contribution in [0.25, 0.3) is 0 Å². The molecule has 2 saturated heterocycles. The molecular formula is C16H31NO3. The van der Waals surface area contributed by atoms with E-state index >= 15 is 0 Å². The fourth-order valence-electron chi connectivity index (χ4n) is 3.58. The summed E-state index contributed by atoms with van der Waals surface area (Å²) in [5, 5.41) is 3.67. The maximum absolute atomic E-state index is 6.02. The molecule has 1 unspecified atom stereocenters. The molecule has 118 valence electrons. The Balaban J connectivity index is 1.65. The molecule has 0 amide bonds. The van der Waals surface area contributed by atoms with Gasteiger partial charge in [-0.05, 0) is 59.8 Å². The fraction of sp³-hybridized carbons (Fsp3) is 1.00. The summed E-state index contributed by atoms with van der Waals surface area (Å²) in [5.74, 6) is 0. The van der Waals surface area contributed by atoms with Gasteiger partial charge in [0.05, 0.1) is 19.3 Å². The third kappa shape index (κ3) is 5.32. The van der Waals surface area contributed by atoms with Gasteiger partial charge in [-0.3, -0.25) is 0 Å². The zero-order valence-corrected chi connectivity index (χ0v) is 13.5. The topological polar surface area (TPSA) is 39.7 Å². The van der Waals surface area contributed by atoms with E-state index in [4.69, 9.17) is 14.2 Å². The summed E-state index contributed by atoms with van der Waals surface area (Å²) in [6.45, 7) is 11.1. The summed E-state index contributed by atoms with van der Waals surface area (Å²) in [6.07, 6.45) is 5.81. The first kappa shape index (κ1) is 16.2. The van der Waals surface area contributed by atoms with Crippen LogP contribution in [0.15, 0.2) is 0 Å². The van der Waals surface area contributed by atoms with Crippen molar-refractivity contribution < 1.29 is 14.2 Å². The molecule has 2 aliphatic heterocycles. The van der Waals surface area contributed by atoms with Crippen molar-refractivity contribution in [2.45, 2.75) is 83.3 Å². The van der Waals surface area contributed by atoms with Crippen molar-refractivity contribution in [2.75, 3.05) is 19.8 Å². The Kier molecular flexibility index (Phi) is 5.46. The highest BCUT2D eigenvalue weighted by atomic mass is 16.7. The highest BCUT2D eigenvalue weighted by molar-refractivity contribution is 4.97. The van der Waals surface area contributed by atoms with E-state index < -0.39 is 0 Å². The maximum atomic E-state index is 6.02. The Hall–Kier alpha value is -0.160. The van der Waals surface area contributed by atoms with Crippen LogP contribution in [0.2, 0.25) is 0 Å². The largest absolute Gasteiger partial charge is 0.376 e. The van der Waals surface area contributed by atoms with Crippen molar-refractivity contribution in [3.8, 4) is 0 Å². The molecule has 20 heavy (non-hydrogen) atoms. The molecule has 0 aromatic carbocycles. The molecule has 4 nitrogen and oxygen atoms in total. The summed E-state index contributed by atoms with van der Waals surface area (Å²) in [7, 11) is 0. The third-order valence-electron chi connectivity index (χ3n) is 4.03. The highest BCUT2D eigenvalue weighted by Gasteiger charge is 2.38. The van der Waals surface area contributed by atoms with E-state index in [1.165, 1.54) is 6.42 Å². The average molecular weight is 285 g/mol. The van der Waals surface area contributed by atoms with Gasteiger partial charge in [0.25, 0.3) is 0 Å². The minimum atomic E-state index is -0.00625. The monoisotopic (exact) mass is 285 g/mol. The first-order valence-corrected chi connectivity index (χ1v) is 8.00. The van der Waals surface area contributed by atoms with Crippen LogP contribution in [0.4, 0.5) is 0 Å². The molecule has 2 heterocycles. The standard InChI is InChI=1S/C16H31NO3/c1-15(2)11-13(12-16(3,4)17-15)18-9-10-20-14-7-5-6-8-19-14/h13-14,17H,5-12H2,1-4H3. The van der Waals surface area contributed by atoms with Crippen LogP contribution in [0, 0.1) is 0 Å². The number of nitrogens with one attached hydrogen (secondary N) is 1. The van der Waals surface area contributed by atoms with Crippen LogP contribution in [0.3, 0.4) is 0 Å². The van der Waals surface area contributed by atoms with Gasteiger partial charge in [0, 0.05) is 17.7 Å². The molecule has 2 aliphatic rings. The zero-order chi connectivity index (χ0) is 14.6. The molecule has 0 saturated carbocycles. The Bertz CT molecular complexity index is 282. The molecule has 0 aromatic heterocycles. The zero-order valence-electron chi connectivity index (χ0n) is 13.5. The summed E-state index contributed by atoms with van der Waals surface area (Å²) in [5.41, 5.74) is 0.277. The van der Waals surface area contributed by atoms with Crippen molar-refractivity contribution >= 4 is 0 Å². The molecule has 0 radical (unpaired) electrons. The molecule has 0 bridgehead atoms. The quantitative estimate of drug-likeness (QED) is 0.789. The second-order valence-corrected chi connectivity index (χ2v) is 7.46. The molecular weight excluding hydrogens is 254 g/mol. The Morgan fingerprint density at radius 1 is 1.00 bits per heavy atom. The lowest BCUT2D eigenvalue weighted by atomic mass is 9.81. The van der Waals surface area contributed by atoms with Crippen LogP contribution >= 0.6 is 0 Å². The van der Waals surface area contributed by atoms with Gasteiger partial charge in [-0.1, -0.05) is 0 Å². The SMILES string of the molecule is CC1(C)CC(OCCOC2CCCCO2)CC(C)(C)N1. The van der Waals surface area contributed by atoms with Gasteiger partial charge < -0.3 is 19.5 Å². The first-order valence-electron chi connectivity index (χ1n) is 8.00. The van der Waals surface area contributed by atoms with Crippen LogP contribution < -0.4 is 5.32 Å². The van der Waals surface area contributed by atoms with Gasteiger partial charge in [-0.2, -0.15) is 0 Å². The number of ether oxygens (including phenoxy) is 3. The predicted molar refractivity (Wildman–Crippen MR) is 79.8 cm³/mol. The van der Waals surface area contributed by atoms with Crippen LogP contribution in [-0.4, -0.2) is 43.3 Å². The summed E-state index contributed by atoms with van der Waals surface area (Å²) in [4.78, 5) is 0. The Labute approximate surface area is 123 Å². The maximum Gasteiger partial charge on any atom is 0.157 e. The second kappa shape index (κ2) is 6.73. The van der Waals surface area contributed by atoms with Gasteiger partial charge in [0.2, 0.25) is 0 Å². The van der Waals surface area contributed by atoms with E-state index in [-0.39, 0.29) is 17.4 Å². The van der Waals surface area contributed by atoms with Gasteiger partial charge in [-0.15, -0.1) is 0 Å². The van der Waals surface area contributed by atoms with E-state index in [2.05, 4.69) is 33.0 Å². The molecule has 0 spiro atoms. The summed E-state index contributed by atoms with van der Waals surface area (Å²) < 4.78 is 17.3. The average Bonchev–Trinajstić information content (AvgIpc) is 2.32. The van der Waals surface area contributed by atoms with Crippen molar-refractivity contribution in [1.82, 2.24) is 5.32 Å². The molecule has 0 aliphatic carbocycles. The van der Waals surface area contributed by atoms with E-state index in [0.29, 0.717) is 19.3 Å². The highest BCUT2D eigenvalue weighted by Crippen LogP contribution is 2.30. The number of hydrogen-bond acceptors (Lipinski definition) is 4. The van der Waals surface area contributed by atoms with Gasteiger partial charge in [0.15, 0.2) is 6.29 Å². The predicted octanol–water partition coefficient (Wildman–Crippen LogP) is 2.86. The normalized spacial score (nSPS) is 30.3. The summed E-state index contributed by atoms with van der Waals surface area (Å²) >= 11 is 0. The summed E-state index contributed by atoms with van der Waals surface area (Å²) in [6, 6.07) is 0. The molecule has 2 rings (SSSR count). The minimum Gasteiger partial charge on any atom is -0.376 e. The van der Waals surface area contributed by atoms with Gasteiger partial charge in [0.1, 0.15) is 0 Å². The van der Waals surface area contributed by atoms with E-state index in [9.17, 15) is 0 Å². The van der Waals surface area contributed by atoms with Gasteiger partial charge >= 0.3 is 0 Å². The first-order chi connectivity index (χ1) is 9.36. The molecule has 1 N–H and O–H groups in total. The van der Waals surface area contributed by atoms with Crippen LogP contribution in [-0.2, 0) is 14.2 Å². The van der Waals surface area contributed by atoms with Gasteiger partial charge in [-0.25, -0.2) is 0 Å². The second-order valence-electron chi connectivity index (χ2n) is 7.46. The number of piperidine rings is 1.